The van der Waals surface area contributed by atoms with Crippen molar-refractivity contribution in [2.45, 2.75) is 30.1 Å². The molecule has 14 heavy (non-hydrogen) atoms. The normalized spacial score (nSPS) is 12.4. The molecule has 0 bridgehead atoms. The van der Waals surface area contributed by atoms with Gasteiger partial charge in [-0.3, -0.25) is 4.79 Å². The van der Waals surface area contributed by atoms with Gasteiger partial charge in [-0.1, -0.05) is 66.3 Å². The van der Waals surface area contributed by atoms with E-state index >= 15 is 0 Å². The Hall–Kier alpha value is -0.380. The van der Waals surface area contributed by atoms with Gasteiger partial charge in [-0.15, -0.1) is 0 Å². The Morgan fingerprint density at radius 1 is 1.36 bits per heavy atom. The Kier molecular flexibility index (Phi) is 5.15. The first kappa shape index (κ1) is 11.7. The highest BCUT2D eigenvalue weighted by atomic mass is 127. The van der Waals surface area contributed by atoms with Gasteiger partial charge in [-0.05, 0) is 12.0 Å². The number of halogens is 1. The minimum atomic E-state index is 0.179. The molecule has 1 nitrogen and oxygen atoms in total. The third-order valence-electron chi connectivity index (χ3n) is 2.11. The molecule has 0 saturated heterocycles. The molecule has 0 aromatic heterocycles. The molecule has 1 aromatic carbocycles. The maximum absolute atomic E-state index is 11.7. The zero-order valence-electron chi connectivity index (χ0n) is 8.37. The van der Waals surface area contributed by atoms with Crippen molar-refractivity contribution in [3.63, 3.8) is 0 Å². The second-order valence-electron chi connectivity index (χ2n) is 3.38. The van der Waals surface area contributed by atoms with Crippen molar-refractivity contribution < 1.29 is 4.79 Å². The maximum Gasteiger partial charge on any atom is 0.150 e. The van der Waals surface area contributed by atoms with Gasteiger partial charge in [-0.2, -0.15) is 0 Å². The highest BCUT2D eigenvalue weighted by Gasteiger charge is 2.13. The van der Waals surface area contributed by atoms with Crippen molar-refractivity contribution in [1.29, 1.82) is 0 Å². The van der Waals surface area contributed by atoms with Crippen LogP contribution in [-0.2, 0) is 11.2 Å². The first-order valence-electron chi connectivity index (χ1n) is 4.94. The van der Waals surface area contributed by atoms with E-state index in [1.165, 1.54) is 0 Å². The van der Waals surface area contributed by atoms with E-state index in [1.54, 1.807) is 0 Å². The lowest BCUT2D eigenvalue weighted by Crippen LogP contribution is -2.15. The number of hydrogen-bond donors (Lipinski definition) is 0. The summed E-state index contributed by atoms with van der Waals surface area (Å²) < 4.78 is 0.179. The summed E-state index contributed by atoms with van der Waals surface area (Å²) in [5, 5.41) is 0. The highest BCUT2D eigenvalue weighted by Crippen LogP contribution is 2.13. The van der Waals surface area contributed by atoms with Crippen molar-refractivity contribution in [2.75, 3.05) is 0 Å². The molecule has 1 unspecified atom stereocenters. The lowest BCUT2D eigenvalue weighted by Gasteiger charge is -2.06. The Labute approximate surface area is 99.0 Å². The number of benzene rings is 1. The summed E-state index contributed by atoms with van der Waals surface area (Å²) in [5.74, 6) is 0.346. The molecule has 0 aliphatic carbocycles. The smallest absolute Gasteiger partial charge is 0.150 e. The van der Waals surface area contributed by atoms with Crippen LogP contribution in [0.1, 0.15) is 25.3 Å². The van der Waals surface area contributed by atoms with Gasteiger partial charge in [0.2, 0.25) is 0 Å². The molecule has 0 amide bonds. The fourth-order valence-corrected chi connectivity index (χ4v) is 2.17. The van der Waals surface area contributed by atoms with Crippen LogP contribution in [0.2, 0.25) is 0 Å². The summed E-state index contributed by atoms with van der Waals surface area (Å²) in [6, 6.07) is 9.94. The van der Waals surface area contributed by atoms with Crippen LogP contribution in [0.25, 0.3) is 0 Å². The molecular formula is C12H15IO. The molecule has 76 valence electrons. The van der Waals surface area contributed by atoms with Crippen molar-refractivity contribution in [3.05, 3.63) is 35.9 Å². The molecule has 1 rings (SSSR count). The molecule has 0 radical (unpaired) electrons. The molecule has 0 fully saturated rings. The van der Waals surface area contributed by atoms with E-state index in [9.17, 15) is 4.79 Å². The van der Waals surface area contributed by atoms with Gasteiger partial charge in [0, 0.05) is 6.42 Å². The molecule has 0 aliphatic rings. The topological polar surface area (TPSA) is 17.1 Å². The summed E-state index contributed by atoms with van der Waals surface area (Å²) in [6.07, 6.45) is 2.65. The Morgan fingerprint density at radius 2 is 2.00 bits per heavy atom. The van der Waals surface area contributed by atoms with Crippen molar-refractivity contribution in [2.24, 2.45) is 0 Å². The molecule has 1 atom stereocenters. The molecule has 0 heterocycles. The van der Waals surface area contributed by atoms with Gasteiger partial charge in [0.05, 0.1) is 3.92 Å². The third kappa shape index (κ3) is 3.78. The van der Waals surface area contributed by atoms with Gasteiger partial charge >= 0.3 is 0 Å². The first-order chi connectivity index (χ1) is 6.74. The average molecular weight is 302 g/mol. The van der Waals surface area contributed by atoms with Crippen LogP contribution >= 0.6 is 22.6 Å². The Morgan fingerprint density at radius 3 is 2.57 bits per heavy atom. The monoisotopic (exact) mass is 302 g/mol. The zero-order chi connectivity index (χ0) is 10.4. The van der Waals surface area contributed by atoms with E-state index in [0.29, 0.717) is 12.2 Å². The molecule has 0 spiro atoms. The predicted molar refractivity (Wildman–Crippen MR) is 67.9 cm³/mol. The first-order valence-corrected chi connectivity index (χ1v) is 6.19. The van der Waals surface area contributed by atoms with Gasteiger partial charge in [0.15, 0.2) is 0 Å². The van der Waals surface area contributed by atoms with Gasteiger partial charge < -0.3 is 0 Å². The van der Waals surface area contributed by atoms with Crippen LogP contribution in [0, 0.1) is 0 Å². The van der Waals surface area contributed by atoms with E-state index in [0.717, 1.165) is 18.4 Å². The summed E-state index contributed by atoms with van der Waals surface area (Å²) in [4.78, 5) is 11.7. The fourth-order valence-electron chi connectivity index (χ4n) is 1.32. The SMILES string of the molecule is CCCC(I)C(=O)Cc1ccccc1. The second-order valence-corrected chi connectivity index (χ2v) is 4.89. The number of carbonyl (C=O) groups excluding carboxylic acids is 1. The van der Waals surface area contributed by atoms with Crippen molar-refractivity contribution >= 4 is 28.4 Å². The van der Waals surface area contributed by atoms with Crippen LogP contribution < -0.4 is 0 Å². The maximum atomic E-state index is 11.7. The number of hydrogen-bond acceptors (Lipinski definition) is 1. The van der Waals surface area contributed by atoms with E-state index in [4.69, 9.17) is 0 Å². The summed E-state index contributed by atoms with van der Waals surface area (Å²) >= 11 is 2.24. The van der Waals surface area contributed by atoms with Crippen molar-refractivity contribution in [1.82, 2.24) is 0 Å². The Bertz CT molecular complexity index is 282. The summed E-state index contributed by atoms with van der Waals surface area (Å²) in [7, 11) is 0. The molecular weight excluding hydrogens is 287 g/mol. The van der Waals surface area contributed by atoms with Crippen molar-refractivity contribution in [3.8, 4) is 0 Å². The summed E-state index contributed by atoms with van der Waals surface area (Å²) in [5.41, 5.74) is 1.12. The molecule has 0 N–H and O–H groups in total. The lowest BCUT2D eigenvalue weighted by atomic mass is 10.1. The number of rotatable bonds is 5. The number of ketones is 1. The molecule has 2 heteroatoms. The minimum absolute atomic E-state index is 0.179. The van der Waals surface area contributed by atoms with Gasteiger partial charge in [0.1, 0.15) is 5.78 Å². The summed E-state index contributed by atoms with van der Waals surface area (Å²) in [6.45, 7) is 2.11. The fraction of sp³-hybridized carbons (Fsp3) is 0.417. The number of Topliss-reactive ketones (excluding diaryl/α,β-unsaturated/α-hetero) is 1. The zero-order valence-corrected chi connectivity index (χ0v) is 10.5. The second kappa shape index (κ2) is 6.17. The standard InChI is InChI=1S/C12H15IO/c1-2-6-11(13)12(14)9-10-7-4-3-5-8-10/h3-5,7-8,11H,2,6,9H2,1H3. The van der Waals surface area contributed by atoms with E-state index in [-0.39, 0.29) is 3.92 Å². The van der Waals surface area contributed by atoms with E-state index < -0.39 is 0 Å². The number of carbonyl (C=O) groups is 1. The van der Waals surface area contributed by atoms with E-state index in [2.05, 4.69) is 29.5 Å². The highest BCUT2D eigenvalue weighted by molar-refractivity contribution is 14.1. The van der Waals surface area contributed by atoms with Gasteiger partial charge in [0.25, 0.3) is 0 Å². The third-order valence-corrected chi connectivity index (χ3v) is 3.43. The lowest BCUT2D eigenvalue weighted by molar-refractivity contribution is -0.117. The minimum Gasteiger partial charge on any atom is -0.298 e. The van der Waals surface area contributed by atoms with Crippen LogP contribution in [0.15, 0.2) is 30.3 Å². The number of alkyl halides is 1. The van der Waals surface area contributed by atoms with Crippen LogP contribution in [0.5, 0.6) is 0 Å². The average Bonchev–Trinajstić information content (AvgIpc) is 2.19. The predicted octanol–water partition coefficient (Wildman–Crippen LogP) is 3.40. The molecule has 1 aromatic rings. The van der Waals surface area contributed by atoms with Crippen LogP contribution in [0.4, 0.5) is 0 Å². The van der Waals surface area contributed by atoms with Crippen LogP contribution in [-0.4, -0.2) is 9.71 Å². The Balaban J connectivity index is 2.49. The van der Waals surface area contributed by atoms with Crippen LogP contribution in [0.3, 0.4) is 0 Å². The van der Waals surface area contributed by atoms with Gasteiger partial charge in [-0.25, -0.2) is 0 Å². The molecule has 0 saturated carbocycles. The van der Waals surface area contributed by atoms with E-state index in [1.807, 2.05) is 30.3 Å². The largest absolute Gasteiger partial charge is 0.298 e. The quantitative estimate of drug-likeness (QED) is 0.602. The molecule has 0 aliphatic heterocycles.